The van der Waals surface area contributed by atoms with E-state index in [1.165, 1.54) is 27.7 Å². The van der Waals surface area contributed by atoms with Gasteiger partial charge in [-0.3, -0.25) is 10.1 Å². The predicted molar refractivity (Wildman–Crippen MR) is 93.0 cm³/mol. The molecule has 152 valence electrons. The molecule has 0 amide bonds. The number of nitrogens with one attached hydrogen (secondary N) is 1. The van der Waals surface area contributed by atoms with Crippen molar-refractivity contribution in [2.75, 3.05) is 6.61 Å². The number of nitrogens with zero attached hydrogens (tertiary/aromatic N) is 1. The highest BCUT2D eigenvalue weighted by Gasteiger charge is 2.60. The smallest absolute Gasteiger partial charge is 0.379 e. The molecule has 0 bridgehead atoms. The molecule has 7 nitrogen and oxygen atoms in total. The number of rotatable bonds is 7. The van der Waals surface area contributed by atoms with Crippen LogP contribution in [-0.2, 0) is 26.1 Å². The number of carbonyl (C=O) groups is 1. The first-order valence-electron chi connectivity index (χ1n) is 7.87. The van der Waals surface area contributed by atoms with E-state index in [0.29, 0.717) is 12.1 Å². The van der Waals surface area contributed by atoms with Crippen LogP contribution in [0.5, 0.6) is 0 Å². The molecule has 2 atom stereocenters. The Labute approximate surface area is 157 Å². The summed E-state index contributed by atoms with van der Waals surface area (Å²) in [7, 11) is -2.10. The number of carbonyl (C=O) groups excluding carboxylic acids is 1. The van der Waals surface area contributed by atoms with Gasteiger partial charge in [-0.1, -0.05) is 6.07 Å². The van der Waals surface area contributed by atoms with E-state index in [0.717, 1.165) is 13.0 Å². The summed E-state index contributed by atoms with van der Waals surface area (Å²) in [5.74, 6) is -7.41. The lowest BCUT2D eigenvalue weighted by Crippen LogP contribution is -2.60. The van der Waals surface area contributed by atoms with Crippen molar-refractivity contribution in [3.8, 4) is 0 Å². The van der Waals surface area contributed by atoms with Crippen molar-refractivity contribution in [2.24, 2.45) is 0 Å². The molecule has 0 saturated heterocycles. The third kappa shape index (κ3) is 4.64. The number of nitro groups is 1. The van der Waals surface area contributed by atoms with Gasteiger partial charge in [0.25, 0.3) is 0 Å². The molecule has 0 aromatic heterocycles. The van der Waals surface area contributed by atoms with Gasteiger partial charge in [-0.25, -0.2) is 13.7 Å². The number of alkyl halides is 2. The topological polar surface area (TPSA) is 98.5 Å². The quantitative estimate of drug-likeness (QED) is 0.423. The van der Waals surface area contributed by atoms with Crippen molar-refractivity contribution in [2.45, 2.75) is 50.8 Å². The Morgan fingerprint density at radius 3 is 2.30 bits per heavy atom. The fraction of sp³-hybridized carbons (Fsp3) is 0.562. The van der Waals surface area contributed by atoms with Crippen LogP contribution >= 0.6 is 0 Å². The van der Waals surface area contributed by atoms with E-state index >= 15 is 0 Å². The summed E-state index contributed by atoms with van der Waals surface area (Å²) in [6.07, 6.45) is 0. The summed E-state index contributed by atoms with van der Waals surface area (Å²) < 4.78 is 61.7. The highest BCUT2D eigenvalue weighted by Crippen LogP contribution is 2.41. The molecule has 27 heavy (non-hydrogen) atoms. The van der Waals surface area contributed by atoms with Gasteiger partial charge in [0.2, 0.25) is 5.82 Å². The molecule has 0 spiro atoms. The molecule has 1 N–H and O–H groups in total. The average molecular weight is 410 g/mol. The summed E-state index contributed by atoms with van der Waals surface area (Å²) in [6.45, 7) is 6.36. The van der Waals surface area contributed by atoms with Gasteiger partial charge in [0.15, 0.2) is 0 Å². The summed E-state index contributed by atoms with van der Waals surface area (Å²) in [6, 6.07) is 2.08. The van der Waals surface area contributed by atoms with Crippen LogP contribution in [0.4, 0.5) is 18.9 Å². The minimum atomic E-state index is -4.27. The number of benzene rings is 1. The first-order valence-corrected chi connectivity index (χ1v) is 9.02. The lowest BCUT2D eigenvalue weighted by Gasteiger charge is -2.38. The van der Waals surface area contributed by atoms with Crippen LogP contribution < -0.4 is 4.72 Å². The van der Waals surface area contributed by atoms with Crippen LogP contribution in [0.25, 0.3) is 0 Å². The number of hydrogen-bond acceptors (Lipinski definition) is 5. The lowest BCUT2D eigenvalue weighted by molar-refractivity contribution is -0.387. The highest BCUT2D eigenvalue weighted by molar-refractivity contribution is 7.84. The normalized spacial score (nSPS) is 15.7. The summed E-state index contributed by atoms with van der Waals surface area (Å²) in [4.78, 5) is 21.8. The van der Waals surface area contributed by atoms with Gasteiger partial charge in [0.05, 0.1) is 27.3 Å². The maximum atomic E-state index is 15.0. The zero-order chi connectivity index (χ0) is 21.2. The van der Waals surface area contributed by atoms with E-state index in [2.05, 4.69) is 9.46 Å². The van der Waals surface area contributed by atoms with Crippen molar-refractivity contribution < 1.29 is 31.8 Å². The Balaban J connectivity index is 3.64. The first kappa shape index (κ1) is 23.0. The molecule has 0 aliphatic rings. The van der Waals surface area contributed by atoms with Crippen molar-refractivity contribution in [3.63, 3.8) is 0 Å². The number of ether oxygens (including phenoxy) is 1. The molecule has 2 unspecified atom stereocenters. The molecular formula is C16H21F3N2O5S. The second kappa shape index (κ2) is 7.93. The van der Waals surface area contributed by atoms with E-state index in [1.807, 2.05) is 0 Å². The van der Waals surface area contributed by atoms with E-state index in [9.17, 15) is 32.3 Å². The van der Waals surface area contributed by atoms with E-state index in [1.54, 1.807) is 0 Å². The van der Waals surface area contributed by atoms with Gasteiger partial charge in [-0.05, 0) is 46.2 Å². The van der Waals surface area contributed by atoms with Crippen molar-refractivity contribution in [1.29, 1.82) is 0 Å². The van der Waals surface area contributed by atoms with Crippen LogP contribution in [0.15, 0.2) is 18.2 Å². The van der Waals surface area contributed by atoms with Crippen LogP contribution in [-0.4, -0.2) is 32.4 Å². The standard InChI is InChI=1S/C16H21F3N2O5S/c1-6-26-13(22)16(18,19)15(5,20-27(25)14(2,3)4)10-7-8-11(17)12(9-10)21(23)24/h7-9,20H,6H2,1-5H3. The van der Waals surface area contributed by atoms with Crippen LogP contribution in [0.1, 0.15) is 40.2 Å². The average Bonchev–Trinajstić information content (AvgIpc) is 2.53. The Morgan fingerprint density at radius 1 is 1.30 bits per heavy atom. The zero-order valence-electron chi connectivity index (χ0n) is 15.5. The van der Waals surface area contributed by atoms with Crippen molar-refractivity contribution >= 4 is 22.6 Å². The predicted octanol–water partition coefficient (Wildman–Crippen LogP) is 3.20. The molecule has 0 radical (unpaired) electrons. The molecule has 11 heteroatoms. The Morgan fingerprint density at radius 2 is 1.85 bits per heavy atom. The largest absolute Gasteiger partial charge is 0.461 e. The minimum Gasteiger partial charge on any atom is -0.461 e. The van der Waals surface area contributed by atoms with Gasteiger partial charge in [0, 0.05) is 6.07 Å². The van der Waals surface area contributed by atoms with Gasteiger partial charge >= 0.3 is 17.6 Å². The lowest BCUT2D eigenvalue weighted by atomic mass is 9.86. The van der Waals surface area contributed by atoms with Crippen LogP contribution in [0, 0.1) is 15.9 Å². The molecule has 0 aliphatic heterocycles. The molecule has 1 rings (SSSR count). The third-order valence-corrected chi connectivity index (χ3v) is 5.44. The number of hydrogen-bond donors (Lipinski definition) is 1. The summed E-state index contributed by atoms with van der Waals surface area (Å²) >= 11 is 0. The molecule has 0 aliphatic carbocycles. The molecule has 0 heterocycles. The van der Waals surface area contributed by atoms with Gasteiger partial charge in [-0.15, -0.1) is 0 Å². The Bertz CT molecular complexity index is 767. The number of nitro benzene ring substituents is 1. The number of esters is 1. The fourth-order valence-corrected chi connectivity index (χ4v) is 2.96. The van der Waals surface area contributed by atoms with Gasteiger partial charge in [0.1, 0.15) is 5.54 Å². The fourth-order valence-electron chi connectivity index (χ4n) is 2.03. The van der Waals surface area contributed by atoms with Crippen LogP contribution in [0.3, 0.4) is 0 Å². The third-order valence-electron chi connectivity index (χ3n) is 3.73. The monoisotopic (exact) mass is 410 g/mol. The molecule has 0 fully saturated rings. The van der Waals surface area contributed by atoms with Crippen molar-refractivity contribution in [3.05, 3.63) is 39.7 Å². The Hall–Kier alpha value is -2.01. The maximum absolute atomic E-state index is 15.0. The van der Waals surface area contributed by atoms with E-state index in [-0.39, 0.29) is 6.61 Å². The molecule has 1 aromatic rings. The second-order valence-corrected chi connectivity index (χ2v) is 8.79. The van der Waals surface area contributed by atoms with E-state index < -0.39 is 55.2 Å². The van der Waals surface area contributed by atoms with Gasteiger partial charge < -0.3 is 4.74 Å². The SMILES string of the molecule is CCOC(=O)C(F)(F)C(C)(NS(=O)C(C)(C)C)c1ccc(F)c([N+](=O)[O-])c1. The number of halogens is 3. The minimum absolute atomic E-state index is 0.337. The summed E-state index contributed by atoms with van der Waals surface area (Å²) in [5.41, 5.74) is -4.22. The highest BCUT2D eigenvalue weighted by atomic mass is 32.2. The first-order chi connectivity index (χ1) is 12.2. The zero-order valence-corrected chi connectivity index (χ0v) is 16.3. The van der Waals surface area contributed by atoms with Crippen LogP contribution in [0.2, 0.25) is 0 Å². The molecule has 1 aromatic carbocycles. The van der Waals surface area contributed by atoms with Gasteiger partial charge in [-0.2, -0.15) is 13.2 Å². The Kier molecular flexibility index (Phi) is 6.76. The maximum Gasteiger partial charge on any atom is 0.379 e. The van der Waals surface area contributed by atoms with E-state index in [4.69, 9.17) is 0 Å². The molecule has 0 saturated carbocycles. The van der Waals surface area contributed by atoms with Crippen molar-refractivity contribution in [1.82, 2.24) is 4.72 Å². The summed E-state index contributed by atoms with van der Waals surface area (Å²) in [5, 5.41) is 11.0. The molecular weight excluding hydrogens is 389 g/mol. The second-order valence-electron chi connectivity index (χ2n) is 6.83.